The number of benzene rings is 1. The van der Waals surface area contributed by atoms with Gasteiger partial charge in [-0.25, -0.2) is 0 Å². The van der Waals surface area contributed by atoms with Gasteiger partial charge >= 0.3 is 5.97 Å². The van der Waals surface area contributed by atoms with Gasteiger partial charge in [0, 0.05) is 18.5 Å². The topological polar surface area (TPSA) is 73.9 Å². The molecule has 0 aromatic heterocycles. The van der Waals surface area contributed by atoms with Crippen LogP contribution in [-0.4, -0.2) is 38.2 Å². The Balaban J connectivity index is 1.79. The molecule has 1 N–H and O–H groups in total. The molecule has 0 heterocycles. The van der Waals surface area contributed by atoms with Gasteiger partial charge in [0.05, 0.1) is 14.2 Å². The van der Waals surface area contributed by atoms with Crippen LogP contribution >= 0.6 is 0 Å². The van der Waals surface area contributed by atoms with Gasteiger partial charge < -0.3 is 19.5 Å². The van der Waals surface area contributed by atoms with Gasteiger partial charge in [0.25, 0.3) is 5.91 Å². The molecule has 27 heavy (non-hydrogen) atoms. The normalized spacial score (nSPS) is 16.1. The maximum Gasteiger partial charge on any atom is 0.306 e. The Kier molecular flexibility index (Phi) is 8.43. The van der Waals surface area contributed by atoms with E-state index in [1.807, 2.05) is 12.1 Å². The predicted molar refractivity (Wildman–Crippen MR) is 103 cm³/mol. The number of amides is 1. The minimum Gasteiger partial charge on any atom is -0.497 e. The Morgan fingerprint density at radius 1 is 1.04 bits per heavy atom. The maximum atomic E-state index is 12.3. The summed E-state index contributed by atoms with van der Waals surface area (Å²) in [6.45, 7) is 1.62. The molecule has 6 heteroatoms. The van der Waals surface area contributed by atoms with Crippen LogP contribution in [0.1, 0.15) is 57.4 Å². The van der Waals surface area contributed by atoms with Crippen molar-refractivity contribution in [3.8, 4) is 11.5 Å². The van der Waals surface area contributed by atoms with Gasteiger partial charge in [-0.05, 0) is 43.9 Å². The van der Waals surface area contributed by atoms with E-state index in [1.165, 1.54) is 12.8 Å². The van der Waals surface area contributed by atoms with Gasteiger partial charge in [0.2, 0.25) is 0 Å². The summed E-state index contributed by atoms with van der Waals surface area (Å²) in [5, 5.41) is 3.02. The molecular formula is C21H31NO5. The van der Waals surface area contributed by atoms with E-state index in [9.17, 15) is 9.59 Å². The van der Waals surface area contributed by atoms with Crippen molar-refractivity contribution in [1.29, 1.82) is 0 Å². The summed E-state index contributed by atoms with van der Waals surface area (Å²) in [5.41, 5.74) is 0.915. The lowest BCUT2D eigenvalue weighted by Gasteiger charge is -2.19. The minimum atomic E-state index is -0.777. The number of carbonyl (C=O) groups is 2. The summed E-state index contributed by atoms with van der Waals surface area (Å²) in [5.74, 6) is 0.751. The first kappa shape index (κ1) is 21.1. The maximum absolute atomic E-state index is 12.3. The van der Waals surface area contributed by atoms with Crippen LogP contribution in [-0.2, 0) is 20.7 Å². The highest BCUT2D eigenvalue weighted by atomic mass is 16.5. The third-order valence-electron chi connectivity index (χ3n) is 4.91. The number of rotatable bonds is 8. The highest BCUT2D eigenvalue weighted by molar-refractivity contribution is 5.83. The number of hydrogen-bond donors (Lipinski definition) is 1. The van der Waals surface area contributed by atoms with Crippen LogP contribution in [0.15, 0.2) is 18.2 Å². The standard InChI is InChI=1S/C21H31NO5/c1-15(21(24)22-17-8-6-4-5-7-9-17)27-20(23)11-10-16-12-18(25-2)14-19(13-16)26-3/h12-15,17H,4-11H2,1-3H3,(H,22,24)/t15-/m1/s1. The lowest BCUT2D eigenvalue weighted by atomic mass is 10.1. The van der Waals surface area contributed by atoms with Crippen LogP contribution in [0.25, 0.3) is 0 Å². The van der Waals surface area contributed by atoms with E-state index in [0.29, 0.717) is 17.9 Å². The van der Waals surface area contributed by atoms with E-state index in [0.717, 1.165) is 31.2 Å². The highest BCUT2D eigenvalue weighted by Crippen LogP contribution is 2.23. The Morgan fingerprint density at radius 3 is 2.19 bits per heavy atom. The summed E-state index contributed by atoms with van der Waals surface area (Å²) < 4.78 is 15.8. The van der Waals surface area contributed by atoms with E-state index in [2.05, 4.69) is 5.32 Å². The largest absolute Gasteiger partial charge is 0.497 e. The number of hydrogen-bond acceptors (Lipinski definition) is 5. The predicted octanol–water partition coefficient (Wildman–Crippen LogP) is 3.41. The molecule has 1 atom stereocenters. The molecule has 0 saturated heterocycles. The summed E-state index contributed by atoms with van der Waals surface area (Å²) in [6.07, 6.45) is 6.65. The molecule has 1 aliphatic carbocycles. The molecule has 0 aliphatic heterocycles. The Hall–Kier alpha value is -2.24. The summed E-state index contributed by atoms with van der Waals surface area (Å²) in [7, 11) is 3.17. The molecule has 1 saturated carbocycles. The van der Waals surface area contributed by atoms with Crippen LogP contribution < -0.4 is 14.8 Å². The molecule has 6 nitrogen and oxygen atoms in total. The average Bonchev–Trinajstić information content (AvgIpc) is 2.94. The molecule has 1 amide bonds. The first-order chi connectivity index (χ1) is 13.0. The van der Waals surface area contributed by atoms with E-state index in [1.54, 1.807) is 27.2 Å². The second kappa shape index (κ2) is 10.8. The Labute approximate surface area is 161 Å². The second-order valence-corrected chi connectivity index (χ2v) is 7.05. The van der Waals surface area contributed by atoms with Gasteiger partial charge in [-0.2, -0.15) is 0 Å². The van der Waals surface area contributed by atoms with Gasteiger partial charge in [0.1, 0.15) is 11.5 Å². The van der Waals surface area contributed by atoms with Gasteiger partial charge in [-0.3, -0.25) is 9.59 Å². The zero-order chi connectivity index (χ0) is 19.6. The van der Waals surface area contributed by atoms with Gasteiger partial charge in [-0.1, -0.05) is 25.7 Å². The van der Waals surface area contributed by atoms with Crippen molar-refractivity contribution < 1.29 is 23.8 Å². The molecule has 2 rings (SSSR count). The number of ether oxygens (including phenoxy) is 3. The molecular weight excluding hydrogens is 346 g/mol. The molecule has 1 aliphatic rings. The van der Waals surface area contributed by atoms with Crippen molar-refractivity contribution in [1.82, 2.24) is 5.32 Å². The lowest BCUT2D eigenvalue weighted by Crippen LogP contribution is -2.41. The van der Waals surface area contributed by atoms with E-state index >= 15 is 0 Å². The number of esters is 1. The smallest absolute Gasteiger partial charge is 0.306 e. The molecule has 0 radical (unpaired) electrons. The lowest BCUT2D eigenvalue weighted by molar-refractivity contribution is -0.155. The van der Waals surface area contributed by atoms with Crippen LogP contribution in [0.2, 0.25) is 0 Å². The zero-order valence-electron chi connectivity index (χ0n) is 16.6. The van der Waals surface area contributed by atoms with Gasteiger partial charge in [0.15, 0.2) is 6.10 Å². The fraction of sp³-hybridized carbons (Fsp3) is 0.619. The molecule has 150 valence electrons. The van der Waals surface area contributed by atoms with Crippen molar-refractivity contribution in [3.05, 3.63) is 23.8 Å². The molecule has 0 unspecified atom stereocenters. The minimum absolute atomic E-state index is 0.192. The Bertz CT molecular complexity index is 601. The van der Waals surface area contributed by atoms with Crippen molar-refractivity contribution in [3.63, 3.8) is 0 Å². The van der Waals surface area contributed by atoms with Crippen molar-refractivity contribution in [2.24, 2.45) is 0 Å². The number of aryl methyl sites for hydroxylation is 1. The SMILES string of the molecule is COc1cc(CCC(=O)O[C@H](C)C(=O)NC2CCCCCC2)cc(OC)c1. The van der Waals surface area contributed by atoms with E-state index < -0.39 is 6.10 Å². The summed E-state index contributed by atoms with van der Waals surface area (Å²) >= 11 is 0. The van der Waals surface area contributed by atoms with Gasteiger partial charge in [-0.15, -0.1) is 0 Å². The monoisotopic (exact) mass is 377 g/mol. The summed E-state index contributed by atoms with van der Waals surface area (Å²) in [4.78, 5) is 24.4. The highest BCUT2D eigenvalue weighted by Gasteiger charge is 2.21. The molecule has 1 aromatic rings. The average molecular weight is 377 g/mol. The van der Waals surface area contributed by atoms with E-state index in [-0.39, 0.29) is 24.3 Å². The quantitative estimate of drug-likeness (QED) is 0.555. The number of methoxy groups -OCH3 is 2. The van der Waals surface area contributed by atoms with Crippen LogP contribution in [0.4, 0.5) is 0 Å². The number of nitrogens with one attached hydrogen (secondary N) is 1. The molecule has 0 spiro atoms. The molecule has 1 fully saturated rings. The zero-order valence-corrected chi connectivity index (χ0v) is 16.6. The first-order valence-corrected chi connectivity index (χ1v) is 9.73. The molecule has 1 aromatic carbocycles. The summed E-state index contributed by atoms with van der Waals surface area (Å²) in [6, 6.07) is 5.70. The van der Waals surface area contributed by atoms with Crippen molar-refractivity contribution in [2.75, 3.05) is 14.2 Å². The van der Waals surface area contributed by atoms with Crippen LogP contribution in [0, 0.1) is 0 Å². The van der Waals surface area contributed by atoms with E-state index in [4.69, 9.17) is 14.2 Å². The molecule has 0 bridgehead atoms. The second-order valence-electron chi connectivity index (χ2n) is 7.05. The fourth-order valence-corrected chi connectivity index (χ4v) is 3.31. The van der Waals surface area contributed by atoms with Crippen LogP contribution in [0.3, 0.4) is 0 Å². The first-order valence-electron chi connectivity index (χ1n) is 9.73. The Morgan fingerprint density at radius 2 is 1.63 bits per heavy atom. The third-order valence-corrected chi connectivity index (χ3v) is 4.91. The van der Waals surface area contributed by atoms with Crippen LogP contribution in [0.5, 0.6) is 11.5 Å². The fourth-order valence-electron chi connectivity index (χ4n) is 3.31. The van der Waals surface area contributed by atoms with Crippen molar-refractivity contribution >= 4 is 11.9 Å². The third kappa shape index (κ3) is 7.12. The van der Waals surface area contributed by atoms with Crippen molar-refractivity contribution in [2.45, 2.75) is 70.4 Å². The number of carbonyl (C=O) groups excluding carboxylic acids is 2.